The summed E-state index contributed by atoms with van der Waals surface area (Å²) in [5, 5.41) is 0. The first kappa shape index (κ1) is 15.9. The van der Waals surface area contributed by atoms with Gasteiger partial charge in [0.2, 0.25) is 0 Å². The van der Waals surface area contributed by atoms with Crippen LogP contribution in [-0.4, -0.2) is 46.1 Å². The molecule has 6 nitrogen and oxygen atoms in total. The Bertz CT molecular complexity index is 1010. The molecule has 1 saturated heterocycles. The van der Waals surface area contributed by atoms with Gasteiger partial charge in [-0.15, -0.1) is 0 Å². The van der Waals surface area contributed by atoms with Crippen molar-refractivity contribution in [2.24, 2.45) is 0 Å². The van der Waals surface area contributed by atoms with Crippen LogP contribution in [0.3, 0.4) is 0 Å². The summed E-state index contributed by atoms with van der Waals surface area (Å²) in [7, 11) is 0. The van der Waals surface area contributed by atoms with E-state index in [1.54, 1.807) is 0 Å². The number of hydrogen-bond donors (Lipinski definition) is 0. The summed E-state index contributed by atoms with van der Waals surface area (Å²) in [5.41, 5.74) is 3.75. The maximum Gasteiger partial charge on any atom is 0.147 e. The number of rotatable bonds is 2. The highest BCUT2D eigenvalue weighted by molar-refractivity contribution is 5.76. The third-order valence-corrected chi connectivity index (χ3v) is 5.02. The normalized spacial score (nSPS) is 15.3. The first-order chi connectivity index (χ1) is 13.4. The fraction of sp³-hybridized carbons (Fsp3) is 0.238. The van der Waals surface area contributed by atoms with Crippen molar-refractivity contribution in [3.8, 4) is 0 Å². The van der Waals surface area contributed by atoms with Gasteiger partial charge >= 0.3 is 0 Å². The number of anilines is 2. The molecule has 0 N–H and O–H groups in total. The van der Waals surface area contributed by atoms with Crippen LogP contribution in [0.4, 0.5) is 11.6 Å². The standard InChI is InChI=1S/C21H20N6/c1-3-8-18-16(6-1)22-14-20(24-18)26-10-5-11-27(13-12-26)21-15-23-17-7-2-4-9-19(17)25-21/h1-4,6-9,14-15H,5,10-13H2. The van der Waals surface area contributed by atoms with Crippen LogP contribution in [-0.2, 0) is 0 Å². The molecule has 0 radical (unpaired) electrons. The van der Waals surface area contributed by atoms with Crippen molar-refractivity contribution in [2.45, 2.75) is 6.42 Å². The van der Waals surface area contributed by atoms with Crippen molar-refractivity contribution < 1.29 is 0 Å². The summed E-state index contributed by atoms with van der Waals surface area (Å²) in [6.07, 6.45) is 4.81. The average molecular weight is 356 g/mol. The van der Waals surface area contributed by atoms with E-state index in [4.69, 9.17) is 9.97 Å². The molecule has 0 aliphatic carbocycles. The number of fused-ring (bicyclic) bond motifs is 2. The van der Waals surface area contributed by atoms with E-state index < -0.39 is 0 Å². The molecule has 0 atom stereocenters. The lowest BCUT2D eigenvalue weighted by molar-refractivity contribution is 0.794. The lowest BCUT2D eigenvalue weighted by Gasteiger charge is -2.23. The summed E-state index contributed by atoms with van der Waals surface area (Å²) in [5.74, 6) is 1.89. The highest BCUT2D eigenvalue weighted by Gasteiger charge is 2.18. The van der Waals surface area contributed by atoms with Gasteiger partial charge in [0.05, 0.1) is 34.5 Å². The van der Waals surface area contributed by atoms with Crippen LogP contribution in [0.25, 0.3) is 22.1 Å². The SMILES string of the molecule is c1ccc2nc(N3CCCN(c4cnc5ccccc5n4)CC3)cnc2c1. The van der Waals surface area contributed by atoms with Crippen molar-refractivity contribution in [3.63, 3.8) is 0 Å². The van der Waals surface area contributed by atoms with E-state index in [-0.39, 0.29) is 0 Å². The Labute approximate surface area is 157 Å². The first-order valence-corrected chi connectivity index (χ1v) is 9.30. The highest BCUT2D eigenvalue weighted by Crippen LogP contribution is 2.20. The fourth-order valence-corrected chi connectivity index (χ4v) is 3.58. The third kappa shape index (κ3) is 3.14. The number of benzene rings is 2. The van der Waals surface area contributed by atoms with Crippen molar-refractivity contribution in [1.29, 1.82) is 0 Å². The van der Waals surface area contributed by atoms with Gasteiger partial charge in [-0.3, -0.25) is 9.97 Å². The molecule has 6 heteroatoms. The summed E-state index contributed by atoms with van der Waals surface area (Å²) in [6, 6.07) is 16.0. The van der Waals surface area contributed by atoms with Gasteiger partial charge in [0, 0.05) is 26.2 Å². The van der Waals surface area contributed by atoms with Crippen LogP contribution in [0.15, 0.2) is 60.9 Å². The second kappa shape index (κ2) is 6.79. The van der Waals surface area contributed by atoms with E-state index in [1.807, 2.05) is 60.9 Å². The molecule has 5 rings (SSSR count). The predicted octanol–water partition coefficient (Wildman–Crippen LogP) is 3.29. The van der Waals surface area contributed by atoms with Crippen LogP contribution in [0, 0.1) is 0 Å². The maximum atomic E-state index is 4.80. The molecule has 0 saturated carbocycles. The smallest absolute Gasteiger partial charge is 0.147 e. The molecule has 0 spiro atoms. The van der Waals surface area contributed by atoms with E-state index in [0.29, 0.717) is 0 Å². The Kier molecular flexibility index (Phi) is 4.01. The molecule has 0 bridgehead atoms. The molecule has 1 aliphatic heterocycles. The van der Waals surface area contributed by atoms with E-state index in [9.17, 15) is 0 Å². The van der Waals surface area contributed by atoms with Crippen LogP contribution in [0.2, 0.25) is 0 Å². The molecule has 1 aliphatic rings. The van der Waals surface area contributed by atoms with Crippen molar-refractivity contribution >= 4 is 33.7 Å². The molecule has 1 fully saturated rings. The Morgan fingerprint density at radius 3 is 1.48 bits per heavy atom. The van der Waals surface area contributed by atoms with E-state index >= 15 is 0 Å². The molecule has 0 unspecified atom stereocenters. The lowest BCUT2D eigenvalue weighted by atomic mass is 10.3. The van der Waals surface area contributed by atoms with Gasteiger partial charge in [0.15, 0.2) is 0 Å². The Balaban J connectivity index is 1.37. The van der Waals surface area contributed by atoms with Crippen LogP contribution >= 0.6 is 0 Å². The van der Waals surface area contributed by atoms with Gasteiger partial charge in [-0.1, -0.05) is 24.3 Å². The summed E-state index contributed by atoms with van der Waals surface area (Å²) >= 11 is 0. The zero-order valence-electron chi connectivity index (χ0n) is 15.0. The number of aromatic nitrogens is 4. The zero-order chi connectivity index (χ0) is 18.1. The van der Waals surface area contributed by atoms with E-state index in [1.165, 1.54) is 0 Å². The predicted molar refractivity (Wildman–Crippen MR) is 108 cm³/mol. The van der Waals surface area contributed by atoms with Gasteiger partial charge in [-0.25, -0.2) is 9.97 Å². The minimum absolute atomic E-state index is 0.890. The zero-order valence-corrected chi connectivity index (χ0v) is 15.0. The maximum absolute atomic E-state index is 4.80. The van der Waals surface area contributed by atoms with Crippen LogP contribution < -0.4 is 9.80 Å². The Hall–Kier alpha value is -3.28. The molecule has 0 amide bonds. The molecular weight excluding hydrogens is 336 g/mol. The van der Waals surface area contributed by atoms with E-state index in [0.717, 1.165) is 66.3 Å². The minimum Gasteiger partial charge on any atom is -0.353 e. The number of hydrogen-bond acceptors (Lipinski definition) is 6. The molecule has 4 aromatic rings. The molecular formula is C21H20N6. The molecule has 27 heavy (non-hydrogen) atoms. The van der Waals surface area contributed by atoms with Crippen LogP contribution in [0.1, 0.15) is 6.42 Å². The quantitative estimate of drug-likeness (QED) is 0.549. The first-order valence-electron chi connectivity index (χ1n) is 9.30. The van der Waals surface area contributed by atoms with Gasteiger partial charge in [-0.2, -0.15) is 0 Å². The van der Waals surface area contributed by atoms with Gasteiger partial charge in [0.25, 0.3) is 0 Å². The highest BCUT2D eigenvalue weighted by atomic mass is 15.3. The molecule has 2 aromatic carbocycles. The number of nitrogens with zero attached hydrogens (tertiary/aromatic N) is 6. The van der Waals surface area contributed by atoms with E-state index in [2.05, 4.69) is 19.8 Å². The van der Waals surface area contributed by atoms with Gasteiger partial charge in [0.1, 0.15) is 11.6 Å². The van der Waals surface area contributed by atoms with Crippen LogP contribution in [0.5, 0.6) is 0 Å². The largest absolute Gasteiger partial charge is 0.353 e. The third-order valence-electron chi connectivity index (χ3n) is 5.02. The average Bonchev–Trinajstić information content (AvgIpc) is 2.99. The van der Waals surface area contributed by atoms with Crippen molar-refractivity contribution in [1.82, 2.24) is 19.9 Å². The Morgan fingerprint density at radius 2 is 1.00 bits per heavy atom. The second-order valence-electron chi connectivity index (χ2n) is 6.76. The fourth-order valence-electron chi connectivity index (χ4n) is 3.58. The number of para-hydroxylation sites is 4. The second-order valence-corrected chi connectivity index (χ2v) is 6.76. The minimum atomic E-state index is 0.890. The Morgan fingerprint density at radius 1 is 0.556 bits per heavy atom. The molecule has 3 heterocycles. The summed E-state index contributed by atoms with van der Waals surface area (Å²) in [6.45, 7) is 3.71. The summed E-state index contributed by atoms with van der Waals surface area (Å²) < 4.78 is 0. The van der Waals surface area contributed by atoms with Crippen molar-refractivity contribution in [3.05, 3.63) is 60.9 Å². The molecule has 2 aromatic heterocycles. The lowest BCUT2D eigenvalue weighted by Crippen LogP contribution is -2.31. The molecule has 134 valence electrons. The summed E-state index contributed by atoms with van der Waals surface area (Å²) in [4.78, 5) is 23.3. The monoisotopic (exact) mass is 356 g/mol. The van der Waals surface area contributed by atoms with Crippen molar-refractivity contribution in [2.75, 3.05) is 36.0 Å². The van der Waals surface area contributed by atoms with Gasteiger partial charge < -0.3 is 9.80 Å². The topological polar surface area (TPSA) is 58.0 Å². The van der Waals surface area contributed by atoms with Gasteiger partial charge in [-0.05, 0) is 30.7 Å².